The van der Waals surface area contributed by atoms with E-state index >= 15 is 0 Å². The number of hydrogen-bond donors (Lipinski definition) is 2. The number of Topliss-reactive ketones (excluding diaryl/α,β-unsaturated/α-hetero) is 1. The van der Waals surface area contributed by atoms with Gasteiger partial charge in [-0.05, 0) is 37.8 Å². The van der Waals surface area contributed by atoms with Crippen LogP contribution in [0.4, 0.5) is 0 Å². The zero-order valence-corrected chi connectivity index (χ0v) is 14.1. The second kappa shape index (κ2) is 8.69. The average Bonchev–Trinajstić information content (AvgIpc) is 2.46. The third kappa shape index (κ3) is 5.98. The molecule has 1 rings (SSSR count). The lowest BCUT2D eigenvalue weighted by atomic mass is 9.99. The van der Waals surface area contributed by atoms with Gasteiger partial charge in [0.05, 0.1) is 0 Å². The SMILES string of the molecule is Cc1ccc(C)c(C(=O)CCC(=O)N[C@@H](CN)CC(C)C)c1. The molecule has 1 aromatic rings. The van der Waals surface area contributed by atoms with Gasteiger partial charge in [0.1, 0.15) is 0 Å². The molecule has 122 valence electrons. The van der Waals surface area contributed by atoms with Crippen molar-refractivity contribution in [1.29, 1.82) is 0 Å². The van der Waals surface area contributed by atoms with Gasteiger partial charge in [-0.2, -0.15) is 0 Å². The lowest BCUT2D eigenvalue weighted by Crippen LogP contribution is -2.41. The Kier molecular flexibility index (Phi) is 7.25. The highest BCUT2D eigenvalue weighted by molar-refractivity contribution is 5.99. The van der Waals surface area contributed by atoms with Crippen LogP contribution in [-0.2, 0) is 4.79 Å². The average molecular weight is 304 g/mol. The Balaban J connectivity index is 2.53. The van der Waals surface area contributed by atoms with E-state index in [1.165, 1.54) is 0 Å². The molecule has 0 saturated carbocycles. The van der Waals surface area contributed by atoms with Gasteiger partial charge in [0.15, 0.2) is 5.78 Å². The van der Waals surface area contributed by atoms with Crippen molar-refractivity contribution in [2.24, 2.45) is 11.7 Å². The van der Waals surface area contributed by atoms with E-state index in [4.69, 9.17) is 5.73 Å². The molecule has 0 aliphatic carbocycles. The van der Waals surface area contributed by atoms with Crippen molar-refractivity contribution in [1.82, 2.24) is 5.32 Å². The molecule has 3 N–H and O–H groups in total. The monoisotopic (exact) mass is 304 g/mol. The van der Waals surface area contributed by atoms with Gasteiger partial charge in [-0.1, -0.05) is 31.5 Å². The molecule has 0 aliphatic heterocycles. The summed E-state index contributed by atoms with van der Waals surface area (Å²) in [6, 6.07) is 5.80. The number of hydrogen-bond acceptors (Lipinski definition) is 3. The van der Waals surface area contributed by atoms with Gasteiger partial charge in [0, 0.05) is 31.0 Å². The smallest absolute Gasteiger partial charge is 0.220 e. The van der Waals surface area contributed by atoms with Crippen molar-refractivity contribution in [2.75, 3.05) is 6.54 Å². The van der Waals surface area contributed by atoms with Crippen molar-refractivity contribution in [2.45, 2.75) is 53.0 Å². The number of ketones is 1. The first-order valence-electron chi connectivity index (χ1n) is 7.93. The van der Waals surface area contributed by atoms with Gasteiger partial charge in [-0.3, -0.25) is 9.59 Å². The number of aryl methyl sites for hydroxylation is 2. The van der Waals surface area contributed by atoms with Crippen LogP contribution in [0.15, 0.2) is 18.2 Å². The summed E-state index contributed by atoms with van der Waals surface area (Å²) in [5, 5.41) is 2.91. The van der Waals surface area contributed by atoms with Crippen molar-refractivity contribution >= 4 is 11.7 Å². The number of amides is 1. The molecule has 4 heteroatoms. The maximum atomic E-state index is 12.3. The van der Waals surface area contributed by atoms with Crippen LogP contribution in [0.2, 0.25) is 0 Å². The van der Waals surface area contributed by atoms with Crippen LogP contribution < -0.4 is 11.1 Å². The number of rotatable bonds is 8. The molecule has 1 atom stereocenters. The van der Waals surface area contributed by atoms with Crippen molar-refractivity contribution in [3.05, 3.63) is 34.9 Å². The number of carbonyl (C=O) groups excluding carboxylic acids is 2. The molecule has 0 bridgehead atoms. The Hall–Kier alpha value is -1.68. The molecule has 0 spiro atoms. The molecule has 0 heterocycles. The van der Waals surface area contributed by atoms with Crippen molar-refractivity contribution in [3.63, 3.8) is 0 Å². The van der Waals surface area contributed by atoms with Gasteiger partial charge >= 0.3 is 0 Å². The van der Waals surface area contributed by atoms with E-state index in [2.05, 4.69) is 19.2 Å². The highest BCUT2D eigenvalue weighted by atomic mass is 16.2. The molecule has 22 heavy (non-hydrogen) atoms. The summed E-state index contributed by atoms with van der Waals surface area (Å²) in [6.45, 7) is 8.49. The first-order chi connectivity index (χ1) is 10.3. The first-order valence-corrected chi connectivity index (χ1v) is 7.93. The zero-order chi connectivity index (χ0) is 16.7. The maximum Gasteiger partial charge on any atom is 0.220 e. The summed E-state index contributed by atoms with van der Waals surface area (Å²) in [5.41, 5.74) is 8.39. The fourth-order valence-electron chi connectivity index (χ4n) is 2.48. The van der Waals surface area contributed by atoms with E-state index in [-0.39, 0.29) is 30.6 Å². The summed E-state index contributed by atoms with van der Waals surface area (Å²) in [5.74, 6) is 0.393. The minimum Gasteiger partial charge on any atom is -0.352 e. The molecule has 0 fully saturated rings. The highest BCUT2D eigenvalue weighted by Gasteiger charge is 2.15. The molecule has 1 aromatic carbocycles. The van der Waals surface area contributed by atoms with Gasteiger partial charge in [-0.25, -0.2) is 0 Å². The van der Waals surface area contributed by atoms with E-state index < -0.39 is 0 Å². The van der Waals surface area contributed by atoms with Crippen LogP contribution in [-0.4, -0.2) is 24.3 Å². The Labute approximate surface area is 133 Å². The fraction of sp³-hybridized carbons (Fsp3) is 0.556. The number of nitrogens with one attached hydrogen (secondary N) is 1. The van der Waals surface area contributed by atoms with E-state index in [1.54, 1.807) is 0 Å². The Morgan fingerprint density at radius 2 is 1.86 bits per heavy atom. The lowest BCUT2D eigenvalue weighted by Gasteiger charge is -2.18. The van der Waals surface area contributed by atoms with Gasteiger partial charge in [0.25, 0.3) is 0 Å². The Bertz CT molecular complexity index is 524. The normalized spacial score (nSPS) is 12.3. The first kappa shape index (κ1) is 18.4. The maximum absolute atomic E-state index is 12.3. The number of benzene rings is 1. The van der Waals surface area contributed by atoms with E-state index in [1.807, 2.05) is 32.0 Å². The molecule has 0 saturated heterocycles. The summed E-state index contributed by atoms with van der Waals surface area (Å²) in [6.07, 6.45) is 1.29. The van der Waals surface area contributed by atoms with Crippen LogP contribution in [0.5, 0.6) is 0 Å². The molecule has 0 radical (unpaired) electrons. The predicted molar refractivity (Wildman–Crippen MR) is 89.9 cm³/mol. The van der Waals surface area contributed by atoms with E-state index in [0.29, 0.717) is 18.0 Å². The molecular weight excluding hydrogens is 276 g/mol. The van der Waals surface area contributed by atoms with Crippen LogP contribution >= 0.6 is 0 Å². The van der Waals surface area contributed by atoms with Crippen LogP contribution in [0, 0.1) is 19.8 Å². The summed E-state index contributed by atoms with van der Waals surface area (Å²) in [7, 11) is 0. The topological polar surface area (TPSA) is 72.2 Å². The molecule has 0 aromatic heterocycles. The Morgan fingerprint density at radius 1 is 1.18 bits per heavy atom. The summed E-state index contributed by atoms with van der Waals surface area (Å²) in [4.78, 5) is 24.2. The van der Waals surface area contributed by atoms with Crippen LogP contribution in [0.1, 0.15) is 54.6 Å². The van der Waals surface area contributed by atoms with Gasteiger partial charge in [-0.15, -0.1) is 0 Å². The highest BCUT2D eigenvalue weighted by Crippen LogP contribution is 2.14. The van der Waals surface area contributed by atoms with E-state index in [9.17, 15) is 9.59 Å². The van der Waals surface area contributed by atoms with E-state index in [0.717, 1.165) is 17.5 Å². The van der Waals surface area contributed by atoms with Crippen LogP contribution in [0.25, 0.3) is 0 Å². The lowest BCUT2D eigenvalue weighted by molar-refractivity contribution is -0.121. The second-order valence-electron chi connectivity index (χ2n) is 6.37. The molecular formula is C18H28N2O2. The quantitative estimate of drug-likeness (QED) is 0.725. The standard InChI is InChI=1S/C18H28N2O2/c1-12(2)9-15(11-19)20-18(22)8-7-17(21)16-10-13(3)5-6-14(16)4/h5-6,10,12,15H,7-9,11,19H2,1-4H3,(H,20,22)/t15-/m1/s1. The molecule has 4 nitrogen and oxygen atoms in total. The molecule has 1 amide bonds. The molecule has 0 unspecified atom stereocenters. The zero-order valence-electron chi connectivity index (χ0n) is 14.1. The number of carbonyl (C=O) groups is 2. The van der Waals surface area contributed by atoms with Gasteiger partial charge < -0.3 is 11.1 Å². The summed E-state index contributed by atoms with van der Waals surface area (Å²) < 4.78 is 0. The van der Waals surface area contributed by atoms with Crippen molar-refractivity contribution in [3.8, 4) is 0 Å². The minimum atomic E-state index is -0.102. The second-order valence-corrected chi connectivity index (χ2v) is 6.37. The largest absolute Gasteiger partial charge is 0.352 e. The third-order valence-electron chi connectivity index (χ3n) is 3.68. The summed E-state index contributed by atoms with van der Waals surface area (Å²) >= 11 is 0. The van der Waals surface area contributed by atoms with Crippen molar-refractivity contribution < 1.29 is 9.59 Å². The predicted octanol–water partition coefficient (Wildman–Crippen LogP) is 2.76. The third-order valence-corrected chi connectivity index (χ3v) is 3.68. The van der Waals surface area contributed by atoms with Crippen LogP contribution in [0.3, 0.4) is 0 Å². The minimum absolute atomic E-state index is 0.0108. The van der Waals surface area contributed by atoms with Gasteiger partial charge in [0.2, 0.25) is 5.91 Å². The fourth-order valence-corrected chi connectivity index (χ4v) is 2.48. The molecule has 0 aliphatic rings. The Morgan fingerprint density at radius 3 is 2.45 bits per heavy atom. The number of nitrogens with two attached hydrogens (primary N) is 1.